The number of ether oxygens (including phenoxy) is 1. The van der Waals surface area contributed by atoms with Crippen molar-refractivity contribution in [3.05, 3.63) is 29.8 Å². The van der Waals surface area contributed by atoms with Gasteiger partial charge in [-0.15, -0.1) is 0 Å². The summed E-state index contributed by atoms with van der Waals surface area (Å²) in [5.74, 6) is 0.144. The second-order valence-corrected chi connectivity index (χ2v) is 5.37. The van der Waals surface area contributed by atoms with Crippen molar-refractivity contribution in [3.63, 3.8) is 0 Å². The number of carbonyl (C=O) groups is 2. The van der Waals surface area contributed by atoms with Crippen LogP contribution in [0.1, 0.15) is 17.9 Å². The molecular formula is C15H19N3O3. The summed E-state index contributed by atoms with van der Waals surface area (Å²) in [7, 11) is 0. The van der Waals surface area contributed by atoms with E-state index in [0.29, 0.717) is 19.0 Å². The summed E-state index contributed by atoms with van der Waals surface area (Å²) in [6.07, 6.45) is 0.360. The van der Waals surface area contributed by atoms with Crippen molar-refractivity contribution < 1.29 is 14.3 Å². The van der Waals surface area contributed by atoms with E-state index in [2.05, 4.69) is 6.07 Å². The van der Waals surface area contributed by atoms with Crippen LogP contribution >= 0.6 is 0 Å². The Labute approximate surface area is 123 Å². The number of nitrogens with zero attached hydrogens (tertiary/aromatic N) is 2. The minimum Gasteiger partial charge on any atom is -0.447 e. The maximum absolute atomic E-state index is 12.2. The van der Waals surface area contributed by atoms with Crippen LogP contribution in [0.4, 0.5) is 10.5 Å². The molecular weight excluding hydrogens is 270 g/mol. The van der Waals surface area contributed by atoms with Crippen molar-refractivity contribution in [1.82, 2.24) is 4.90 Å². The highest BCUT2D eigenvalue weighted by molar-refractivity contribution is 5.95. The Hall–Kier alpha value is -2.08. The van der Waals surface area contributed by atoms with Crippen molar-refractivity contribution in [2.45, 2.75) is 12.3 Å². The van der Waals surface area contributed by atoms with Gasteiger partial charge in [0.05, 0.1) is 13.1 Å². The number of amides is 2. The van der Waals surface area contributed by atoms with E-state index in [4.69, 9.17) is 10.5 Å². The molecule has 1 aromatic carbocycles. The van der Waals surface area contributed by atoms with Gasteiger partial charge in [0.2, 0.25) is 0 Å². The lowest BCUT2D eigenvalue weighted by molar-refractivity contribution is -0.126. The zero-order valence-electron chi connectivity index (χ0n) is 11.8. The van der Waals surface area contributed by atoms with E-state index in [0.717, 1.165) is 18.7 Å². The summed E-state index contributed by atoms with van der Waals surface area (Å²) in [4.78, 5) is 26.9. The van der Waals surface area contributed by atoms with Crippen molar-refractivity contribution in [2.75, 3.05) is 37.7 Å². The molecule has 0 saturated carbocycles. The topological polar surface area (TPSA) is 75.9 Å². The molecule has 0 bridgehead atoms. The molecule has 2 aliphatic heterocycles. The molecule has 1 saturated heterocycles. The third kappa shape index (κ3) is 2.58. The zero-order chi connectivity index (χ0) is 14.8. The first kappa shape index (κ1) is 13.9. The summed E-state index contributed by atoms with van der Waals surface area (Å²) in [6, 6.07) is 8.07. The first-order chi connectivity index (χ1) is 10.2. The molecule has 21 heavy (non-hydrogen) atoms. The Bertz CT molecular complexity index is 561. The molecule has 6 heteroatoms. The average molecular weight is 289 g/mol. The number of rotatable bonds is 4. The number of cyclic esters (lactones) is 1. The summed E-state index contributed by atoms with van der Waals surface area (Å²) in [5.41, 5.74) is 7.98. The highest BCUT2D eigenvalue weighted by atomic mass is 16.6. The first-order valence-electron chi connectivity index (χ1n) is 7.21. The number of para-hydroxylation sites is 1. The quantitative estimate of drug-likeness (QED) is 0.892. The number of nitrogens with two attached hydrogens (primary N) is 1. The third-order valence-corrected chi connectivity index (χ3v) is 4.06. The number of carbonyl (C=O) groups excluding carboxylic acids is 2. The molecule has 1 fully saturated rings. The van der Waals surface area contributed by atoms with E-state index in [1.807, 2.05) is 23.1 Å². The fourth-order valence-electron chi connectivity index (χ4n) is 3.05. The van der Waals surface area contributed by atoms with Gasteiger partial charge in [0.15, 0.2) is 0 Å². The molecule has 1 atom stereocenters. The Balaban J connectivity index is 1.74. The molecule has 1 unspecified atom stereocenters. The third-order valence-electron chi connectivity index (χ3n) is 4.06. The first-order valence-corrected chi connectivity index (χ1v) is 7.21. The van der Waals surface area contributed by atoms with E-state index in [-0.39, 0.29) is 19.1 Å². The SMILES string of the molecule is NCCC1CN(CC(=O)N2CCOC2=O)c2ccccc21. The Morgan fingerprint density at radius 3 is 2.90 bits per heavy atom. The maximum Gasteiger partial charge on any atom is 0.416 e. The molecule has 0 radical (unpaired) electrons. The number of hydrogen-bond acceptors (Lipinski definition) is 5. The van der Waals surface area contributed by atoms with Crippen LogP contribution in [0.2, 0.25) is 0 Å². The van der Waals surface area contributed by atoms with Crippen LogP contribution in [-0.2, 0) is 9.53 Å². The van der Waals surface area contributed by atoms with Gasteiger partial charge in [-0.3, -0.25) is 4.79 Å². The average Bonchev–Trinajstić information content (AvgIpc) is 3.05. The lowest BCUT2D eigenvalue weighted by atomic mass is 9.98. The second-order valence-electron chi connectivity index (χ2n) is 5.37. The maximum atomic E-state index is 12.2. The highest BCUT2D eigenvalue weighted by Gasteiger charge is 2.33. The van der Waals surface area contributed by atoms with Gasteiger partial charge < -0.3 is 15.4 Å². The molecule has 6 nitrogen and oxygen atoms in total. The van der Waals surface area contributed by atoms with Crippen LogP contribution in [0.5, 0.6) is 0 Å². The van der Waals surface area contributed by atoms with Gasteiger partial charge in [0.25, 0.3) is 5.91 Å². The molecule has 0 spiro atoms. The van der Waals surface area contributed by atoms with Gasteiger partial charge in [-0.05, 0) is 24.6 Å². The monoisotopic (exact) mass is 289 g/mol. The fraction of sp³-hybridized carbons (Fsp3) is 0.467. The highest BCUT2D eigenvalue weighted by Crippen LogP contribution is 2.37. The molecule has 0 aliphatic carbocycles. The van der Waals surface area contributed by atoms with Crippen molar-refractivity contribution in [2.24, 2.45) is 5.73 Å². The van der Waals surface area contributed by atoms with Gasteiger partial charge in [-0.25, -0.2) is 9.69 Å². The van der Waals surface area contributed by atoms with Crippen molar-refractivity contribution >= 4 is 17.7 Å². The van der Waals surface area contributed by atoms with Gasteiger partial charge >= 0.3 is 6.09 Å². The zero-order valence-corrected chi connectivity index (χ0v) is 11.8. The van der Waals surface area contributed by atoms with Crippen LogP contribution in [0.15, 0.2) is 24.3 Å². The van der Waals surface area contributed by atoms with Gasteiger partial charge in [-0.1, -0.05) is 18.2 Å². The molecule has 2 aliphatic rings. The number of imide groups is 1. The fourth-order valence-corrected chi connectivity index (χ4v) is 3.05. The molecule has 2 N–H and O–H groups in total. The smallest absolute Gasteiger partial charge is 0.416 e. The summed E-state index contributed by atoms with van der Waals surface area (Å²) >= 11 is 0. The molecule has 0 aromatic heterocycles. The van der Waals surface area contributed by atoms with Crippen molar-refractivity contribution in [1.29, 1.82) is 0 Å². The molecule has 1 aromatic rings. The number of benzene rings is 1. The Morgan fingerprint density at radius 1 is 1.38 bits per heavy atom. The van der Waals surface area contributed by atoms with E-state index < -0.39 is 6.09 Å². The Kier molecular flexibility index (Phi) is 3.79. The Morgan fingerprint density at radius 2 is 2.19 bits per heavy atom. The lowest BCUT2D eigenvalue weighted by Crippen LogP contribution is -2.40. The molecule has 2 amide bonds. The van der Waals surface area contributed by atoms with Gasteiger partial charge in [-0.2, -0.15) is 0 Å². The molecule has 2 heterocycles. The van der Waals surface area contributed by atoms with Crippen LogP contribution in [-0.4, -0.2) is 49.7 Å². The largest absolute Gasteiger partial charge is 0.447 e. The van der Waals surface area contributed by atoms with Gasteiger partial charge in [0.1, 0.15) is 6.61 Å². The van der Waals surface area contributed by atoms with Crippen molar-refractivity contribution in [3.8, 4) is 0 Å². The van der Waals surface area contributed by atoms with Crippen LogP contribution < -0.4 is 10.6 Å². The minimum atomic E-state index is -0.536. The standard InChI is InChI=1S/C15H19N3O3/c16-6-5-11-9-17(13-4-2-1-3-12(11)13)10-14(19)18-7-8-21-15(18)20/h1-4,11H,5-10,16H2. The van der Waals surface area contributed by atoms with E-state index in [9.17, 15) is 9.59 Å². The normalized spacial score (nSPS) is 20.6. The molecule has 112 valence electrons. The van der Waals surface area contributed by atoms with Gasteiger partial charge in [0, 0.05) is 18.2 Å². The predicted molar refractivity (Wildman–Crippen MR) is 78.1 cm³/mol. The summed E-state index contributed by atoms with van der Waals surface area (Å²) < 4.78 is 4.81. The summed E-state index contributed by atoms with van der Waals surface area (Å²) in [5, 5.41) is 0. The van der Waals surface area contributed by atoms with Crippen LogP contribution in [0, 0.1) is 0 Å². The van der Waals surface area contributed by atoms with Crippen LogP contribution in [0.25, 0.3) is 0 Å². The van der Waals surface area contributed by atoms with E-state index in [1.165, 1.54) is 10.5 Å². The number of fused-ring (bicyclic) bond motifs is 1. The van der Waals surface area contributed by atoms with E-state index >= 15 is 0 Å². The second kappa shape index (κ2) is 5.73. The number of anilines is 1. The molecule has 3 rings (SSSR count). The lowest BCUT2D eigenvalue weighted by Gasteiger charge is -2.21. The summed E-state index contributed by atoms with van der Waals surface area (Å²) in [6.45, 7) is 2.23. The number of hydrogen-bond donors (Lipinski definition) is 1. The van der Waals surface area contributed by atoms with E-state index in [1.54, 1.807) is 0 Å². The predicted octanol–water partition coefficient (Wildman–Crippen LogP) is 0.918. The van der Waals surface area contributed by atoms with Crippen LogP contribution in [0.3, 0.4) is 0 Å². The minimum absolute atomic E-state index is 0.202.